The number of carbonyl (C=O) groups is 2. The van der Waals surface area contributed by atoms with Crippen LogP contribution in [0.4, 0.5) is 18.0 Å². The zero-order chi connectivity index (χ0) is 30.7. The van der Waals surface area contributed by atoms with Gasteiger partial charge in [-0.2, -0.15) is 19.6 Å². The Kier molecular flexibility index (Phi) is 11.8. The molecule has 1 aromatic heterocycles. The molecule has 3 fully saturated rings. The number of halogens is 5. The molecule has 2 saturated heterocycles. The second kappa shape index (κ2) is 15.0. The molecule has 2 unspecified atom stereocenters. The largest absolute Gasteiger partial charge is 2.00 e. The Morgan fingerprint density at radius 2 is 1.70 bits per heavy atom. The van der Waals surface area contributed by atoms with Gasteiger partial charge in [0.15, 0.2) is 5.82 Å². The van der Waals surface area contributed by atoms with Crippen LogP contribution in [-0.2, 0) is 62.6 Å². The Hall–Kier alpha value is -2.16. The van der Waals surface area contributed by atoms with Gasteiger partial charge in [-0.1, -0.05) is 42.6 Å². The van der Waals surface area contributed by atoms with Crippen LogP contribution < -0.4 is 0 Å². The molecule has 237 valence electrons. The molecule has 4 aliphatic rings. The first-order chi connectivity index (χ1) is 20.5. The second-order valence-corrected chi connectivity index (χ2v) is 12.1. The molecule has 2 aromatic rings. The first-order valence-electron chi connectivity index (χ1n) is 14.1. The molecule has 1 aliphatic carbocycles. The van der Waals surface area contributed by atoms with Gasteiger partial charge in [-0.3, -0.25) is 16.0 Å². The molecule has 44 heavy (non-hydrogen) atoms. The maximum absolute atomic E-state index is 12.9. The van der Waals surface area contributed by atoms with E-state index in [1.807, 2.05) is 0 Å². The van der Waals surface area contributed by atoms with E-state index in [1.54, 1.807) is 28.0 Å². The number of benzene rings is 1. The molecule has 4 heterocycles. The SMILES string of the molecule is O=C(OCc1cc(Cl)cc(Cl)c1)N1C[CH-]CC1.O=[C-]C1CC2CN(CC(=O)N3CCn4c(nnc4C(F)(F)F)C3)CC2C1.[Nb+2]. The number of hydrogen-bond acceptors (Lipinski definition) is 7. The summed E-state index contributed by atoms with van der Waals surface area (Å²) in [5.41, 5.74) is 0.791. The van der Waals surface area contributed by atoms with Crippen molar-refractivity contribution in [1.82, 2.24) is 29.5 Å². The van der Waals surface area contributed by atoms with Crippen molar-refractivity contribution in [3.8, 4) is 0 Å². The van der Waals surface area contributed by atoms with Gasteiger partial charge in [0.25, 0.3) is 0 Å². The van der Waals surface area contributed by atoms with Gasteiger partial charge in [0, 0.05) is 36.2 Å². The standard InChI is InChI=1S/C16H19F3N5O2.C12H12Cl2NO2.Nb/c17-16(18,19)15-21-20-13-7-23(1-2-24(13)15)14(26)8-22-5-11-3-10(9-25)4-12(11)6-22;13-10-5-9(6-11(14)7-10)8-17-12(16)15-3-1-2-4-15;/h10-12H,1-8H2;1,5-7H,2-4,8H2;/q2*-1;+2. The molecule has 2 amide bonds. The number of likely N-dealkylation sites (tertiary alicyclic amines) is 2. The molecule has 2 atom stereocenters. The second-order valence-electron chi connectivity index (χ2n) is 11.3. The van der Waals surface area contributed by atoms with Crippen molar-refractivity contribution in [2.75, 3.05) is 39.3 Å². The van der Waals surface area contributed by atoms with E-state index in [0.29, 0.717) is 28.4 Å². The smallest absolute Gasteiger partial charge is 0.542 e. The molecule has 10 nitrogen and oxygen atoms in total. The fraction of sp³-hybridized carbons (Fsp3) is 0.571. The third-order valence-corrected chi connectivity index (χ3v) is 8.64. The van der Waals surface area contributed by atoms with Gasteiger partial charge in [0.1, 0.15) is 6.61 Å². The molecule has 0 N–H and O–H groups in total. The molecular weight excluding hydrogens is 705 g/mol. The van der Waals surface area contributed by atoms with Gasteiger partial charge in [-0.05, 0) is 42.1 Å². The minimum atomic E-state index is -4.54. The summed E-state index contributed by atoms with van der Waals surface area (Å²) < 4.78 is 44.8. The number of nitrogens with zero attached hydrogens (tertiary/aromatic N) is 6. The summed E-state index contributed by atoms with van der Waals surface area (Å²) in [4.78, 5) is 40.2. The maximum Gasteiger partial charge on any atom is 2.00 e. The van der Waals surface area contributed by atoms with Crippen LogP contribution in [0.3, 0.4) is 0 Å². The van der Waals surface area contributed by atoms with Crippen molar-refractivity contribution in [1.29, 1.82) is 0 Å². The Balaban J connectivity index is 0.000000214. The number of aromatic nitrogens is 3. The van der Waals surface area contributed by atoms with E-state index in [1.165, 1.54) is 0 Å². The van der Waals surface area contributed by atoms with Crippen molar-refractivity contribution in [2.24, 2.45) is 17.8 Å². The first-order valence-corrected chi connectivity index (χ1v) is 14.8. The molecule has 1 aromatic carbocycles. The number of carbonyl (C=O) groups excluding carboxylic acids is 3. The van der Waals surface area contributed by atoms with Gasteiger partial charge < -0.3 is 30.3 Å². The third-order valence-electron chi connectivity index (χ3n) is 8.21. The van der Waals surface area contributed by atoms with Crippen LogP contribution in [0.1, 0.15) is 36.5 Å². The Labute approximate surface area is 278 Å². The summed E-state index contributed by atoms with van der Waals surface area (Å²) in [5.74, 6) is -0.0420. The summed E-state index contributed by atoms with van der Waals surface area (Å²) in [6.07, 6.45) is 1.91. The van der Waals surface area contributed by atoms with E-state index in [2.05, 4.69) is 27.8 Å². The summed E-state index contributed by atoms with van der Waals surface area (Å²) in [6.45, 7) is 3.72. The van der Waals surface area contributed by atoms with Gasteiger partial charge in [-0.15, -0.1) is 16.1 Å². The molecule has 1 saturated carbocycles. The van der Waals surface area contributed by atoms with Crippen molar-refractivity contribution >= 4 is 41.5 Å². The zero-order valence-electron chi connectivity index (χ0n) is 23.7. The van der Waals surface area contributed by atoms with E-state index in [4.69, 9.17) is 27.9 Å². The van der Waals surface area contributed by atoms with Crippen molar-refractivity contribution in [3.05, 3.63) is 51.9 Å². The first kappa shape index (κ1) is 34.7. The van der Waals surface area contributed by atoms with Crippen molar-refractivity contribution in [3.63, 3.8) is 0 Å². The van der Waals surface area contributed by atoms with Gasteiger partial charge in [0.05, 0.1) is 13.1 Å². The minimum absolute atomic E-state index is 0. The number of rotatable bonds is 5. The van der Waals surface area contributed by atoms with Crippen LogP contribution in [-0.4, -0.2) is 87.0 Å². The van der Waals surface area contributed by atoms with Crippen LogP contribution in [0.15, 0.2) is 18.2 Å². The molecular formula is C28H31Cl2F3N6NbO4. The van der Waals surface area contributed by atoms with Crippen LogP contribution in [0.5, 0.6) is 0 Å². The monoisotopic (exact) mass is 735 g/mol. The summed E-state index contributed by atoms with van der Waals surface area (Å²) in [5, 5.41) is 7.91. The van der Waals surface area contributed by atoms with Crippen molar-refractivity contribution < 1.29 is 54.7 Å². The van der Waals surface area contributed by atoms with E-state index in [0.717, 1.165) is 49.0 Å². The molecule has 0 spiro atoms. The molecule has 6 rings (SSSR count). The van der Waals surface area contributed by atoms with E-state index in [9.17, 15) is 27.6 Å². The fourth-order valence-electron chi connectivity index (χ4n) is 6.18. The van der Waals surface area contributed by atoms with E-state index < -0.39 is 12.0 Å². The van der Waals surface area contributed by atoms with E-state index >= 15 is 0 Å². The normalized spacial score (nSPS) is 22.9. The molecule has 1 radical (unpaired) electrons. The molecule has 3 aliphatic heterocycles. The van der Waals surface area contributed by atoms with Gasteiger partial charge in [-0.25, -0.2) is 4.79 Å². The number of fused-ring (bicyclic) bond motifs is 2. The topological polar surface area (TPSA) is 101 Å². The third kappa shape index (κ3) is 8.55. The Morgan fingerprint density at radius 1 is 1.02 bits per heavy atom. The fourth-order valence-corrected chi connectivity index (χ4v) is 6.75. The summed E-state index contributed by atoms with van der Waals surface area (Å²) >= 11 is 11.7. The number of alkyl halides is 3. The number of ether oxygens (including phenoxy) is 1. The molecule has 16 heteroatoms. The van der Waals surface area contributed by atoms with Gasteiger partial charge in [0.2, 0.25) is 11.7 Å². The van der Waals surface area contributed by atoms with Crippen LogP contribution >= 0.6 is 23.2 Å². The van der Waals surface area contributed by atoms with Crippen LogP contribution in [0.2, 0.25) is 10.0 Å². The molecule has 0 bridgehead atoms. The maximum atomic E-state index is 12.9. The van der Waals surface area contributed by atoms with Crippen LogP contribution in [0.25, 0.3) is 0 Å². The van der Waals surface area contributed by atoms with Crippen molar-refractivity contribution in [2.45, 2.75) is 45.1 Å². The minimum Gasteiger partial charge on any atom is -0.542 e. The summed E-state index contributed by atoms with van der Waals surface area (Å²) in [7, 11) is 0. The Morgan fingerprint density at radius 3 is 2.30 bits per heavy atom. The summed E-state index contributed by atoms with van der Waals surface area (Å²) in [6, 6.07) is 5.11. The number of amides is 2. The zero-order valence-corrected chi connectivity index (χ0v) is 27.4. The van der Waals surface area contributed by atoms with Gasteiger partial charge >= 0.3 is 34.6 Å². The predicted octanol–water partition coefficient (Wildman–Crippen LogP) is 4.24. The Bertz CT molecular complexity index is 1310. The predicted molar refractivity (Wildman–Crippen MR) is 149 cm³/mol. The average Bonchev–Trinajstić information content (AvgIpc) is 3.74. The quantitative estimate of drug-likeness (QED) is 0.335. The van der Waals surface area contributed by atoms with Crippen LogP contribution in [0, 0.1) is 24.2 Å². The average molecular weight is 736 g/mol. The number of hydrogen-bond donors (Lipinski definition) is 0. The van der Waals surface area contributed by atoms with E-state index in [-0.39, 0.29) is 78.9 Å².